The smallest absolute Gasteiger partial charge is 0.337 e. The molecule has 114 valence electrons. The number of hydrogen-bond acceptors (Lipinski definition) is 4. The summed E-state index contributed by atoms with van der Waals surface area (Å²) in [4.78, 5) is 5.05. The second kappa shape index (κ2) is 9.08. The summed E-state index contributed by atoms with van der Waals surface area (Å²) in [5, 5.41) is 0. The molecular formula is C14H32N2O2Si. The highest BCUT2D eigenvalue weighted by molar-refractivity contribution is 6.67. The Hall–Kier alpha value is 0.0569. The minimum Gasteiger partial charge on any atom is -0.394 e. The lowest BCUT2D eigenvalue weighted by atomic mass is 10.4. The number of rotatable bonds is 10. The topological polar surface area (TPSA) is 24.9 Å². The van der Waals surface area contributed by atoms with Crippen molar-refractivity contribution in [3.8, 4) is 0 Å². The van der Waals surface area contributed by atoms with Crippen molar-refractivity contribution in [3.63, 3.8) is 0 Å². The SMILES string of the molecule is CCO[Si](CC)(CCCN1CCN(CC)C1)OCC. The Morgan fingerprint density at radius 3 is 2.05 bits per heavy atom. The molecular weight excluding hydrogens is 256 g/mol. The molecule has 0 aliphatic carbocycles. The van der Waals surface area contributed by atoms with Gasteiger partial charge in [0.05, 0.1) is 6.67 Å². The monoisotopic (exact) mass is 288 g/mol. The molecule has 1 fully saturated rings. The first kappa shape index (κ1) is 17.1. The predicted octanol–water partition coefficient (Wildman–Crippen LogP) is 2.51. The Kier molecular flexibility index (Phi) is 8.17. The summed E-state index contributed by atoms with van der Waals surface area (Å²) in [5.74, 6) is 0. The number of hydrogen-bond donors (Lipinski definition) is 0. The minimum atomic E-state index is -1.91. The first-order valence-corrected chi connectivity index (χ1v) is 10.1. The van der Waals surface area contributed by atoms with Crippen LogP contribution in [0.25, 0.3) is 0 Å². The maximum Gasteiger partial charge on any atom is 0.337 e. The minimum absolute atomic E-state index is 0.785. The van der Waals surface area contributed by atoms with Crippen molar-refractivity contribution in [3.05, 3.63) is 0 Å². The molecule has 1 saturated heterocycles. The Labute approximate surface area is 120 Å². The quantitative estimate of drug-likeness (QED) is 0.577. The van der Waals surface area contributed by atoms with Crippen molar-refractivity contribution in [2.24, 2.45) is 0 Å². The Morgan fingerprint density at radius 2 is 1.58 bits per heavy atom. The fourth-order valence-electron chi connectivity index (χ4n) is 2.81. The van der Waals surface area contributed by atoms with E-state index < -0.39 is 8.56 Å². The second-order valence-electron chi connectivity index (χ2n) is 5.20. The molecule has 1 rings (SSSR count). The summed E-state index contributed by atoms with van der Waals surface area (Å²) in [6, 6.07) is 2.20. The van der Waals surface area contributed by atoms with Crippen molar-refractivity contribution in [2.45, 2.75) is 46.2 Å². The van der Waals surface area contributed by atoms with Crippen LogP contribution in [0.2, 0.25) is 12.1 Å². The highest BCUT2D eigenvalue weighted by Gasteiger charge is 2.34. The van der Waals surface area contributed by atoms with Crippen LogP contribution in [0.1, 0.15) is 34.1 Å². The highest BCUT2D eigenvalue weighted by atomic mass is 28.4. The molecule has 0 aromatic rings. The summed E-state index contributed by atoms with van der Waals surface area (Å²) in [6.45, 7) is 16.1. The molecule has 0 saturated carbocycles. The second-order valence-corrected chi connectivity index (χ2v) is 8.81. The summed E-state index contributed by atoms with van der Waals surface area (Å²) < 4.78 is 12.0. The van der Waals surface area contributed by atoms with Gasteiger partial charge in [-0.25, -0.2) is 0 Å². The average molecular weight is 289 g/mol. The van der Waals surface area contributed by atoms with Crippen LogP contribution in [0.15, 0.2) is 0 Å². The zero-order valence-corrected chi connectivity index (χ0v) is 14.3. The number of nitrogens with zero attached hydrogens (tertiary/aromatic N) is 2. The molecule has 0 unspecified atom stereocenters. The maximum atomic E-state index is 6.01. The molecule has 0 atom stereocenters. The normalized spacial score (nSPS) is 18.3. The molecule has 0 N–H and O–H groups in total. The fraction of sp³-hybridized carbons (Fsp3) is 1.00. The van der Waals surface area contributed by atoms with Crippen molar-refractivity contribution in [1.82, 2.24) is 9.80 Å². The van der Waals surface area contributed by atoms with E-state index in [1.54, 1.807) is 0 Å². The molecule has 4 nitrogen and oxygen atoms in total. The lowest BCUT2D eigenvalue weighted by Crippen LogP contribution is -2.42. The highest BCUT2D eigenvalue weighted by Crippen LogP contribution is 2.21. The Morgan fingerprint density at radius 1 is 0.947 bits per heavy atom. The average Bonchev–Trinajstić information content (AvgIpc) is 2.87. The Balaban J connectivity index is 2.31. The third kappa shape index (κ3) is 5.51. The van der Waals surface area contributed by atoms with E-state index in [-0.39, 0.29) is 0 Å². The first-order valence-electron chi connectivity index (χ1n) is 7.92. The molecule has 0 spiro atoms. The van der Waals surface area contributed by atoms with Gasteiger partial charge in [-0.15, -0.1) is 0 Å². The van der Waals surface area contributed by atoms with Gasteiger partial charge in [0.25, 0.3) is 0 Å². The molecule has 19 heavy (non-hydrogen) atoms. The van der Waals surface area contributed by atoms with Gasteiger partial charge in [-0.1, -0.05) is 13.8 Å². The van der Waals surface area contributed by atoms with Crippen molar-refractivity contribution in [2.75, 3.05) is 46.1 Å². The van der Waals surface area contributed by atoms with E-state index in [0.717, 1.165) is 32.0 Å². The zero-order chi connectivity index (χ0) is 14.1. The van der Waals surface area contributed by atoms with E-state index in [4.69, 9.17) is 8.85 Å². The van der Waals surface area contributed by atoms with Gasteiger partial charge in [0.15, 0.2) is 0 Å². The molecule has 0 radical (unpaired) electrons. The molecule has 0 amide bonds. The van der Waals surface area contributed by atoms with Crippen molar-refractivity contribution in [1.29, 1.82) is 0 Å². The third-order valence-corrected chi connectivity index (χ3v) is 7.79. The van der Waals surface area contributed by atoms with E-state index >= 15 is 0 Å². The van der Waals surface area contributed by atoms with E-state index in [1.165, 1.54) is 32.6 Å². The van der Waals surface area contributed by atoms with Gasteiger partial charge in [0, 0.05) is 26.3 Å². The van der Waals surface area contributed by atoms with Gasteiger partial charge in [-0.3, -0.25) is 9.80 Å². The molecule has 0 aromatic carbocycles. The van der Waals surface area contributed by atoms with Crippen LogP contribution in [0, 0.1) is 0 Å². The molecule has 1 aliphatic heterocycles. The molecule has 0 bridgehead atoms. The van der Waals surface area contributed by atoms with E-state index in [1.807, 2.05) is 0 Å². The third-order valence-electron chi connectivity index (χ3n) is 3.97. The molecule has 0 aromatic heterocycles. The van der Waals surface area contributed by atoms with E-state index in [9.17, 15) is 0 Å². The maximum absolute atomic E-state index is 6.01. The predicted molar refractivity (Wildman–Crippen MR) is 82.6 cm³/mol. The van der Waals surface area contributed by atoms with Gasteiger partial charge in [0.1, 0.15) is 0 Å². The fourth-order valence-corrected chi connectivity index (χ4v) is 5.70. The van der Waals surface area contributed by atoms with Crippen molar-refractivity contribution >= 4 is 8.56 Å². The summed E-state index contributed by atoms with van der Waals surface area (Å²) >= 11 is 0. The molecule has 1 aliphatic rings. The number of likely N-dealkylation sites (N-methyl/N-ethyl adjacent to an activating group) is 1. The van der Waals surface area contributed by atoms with E-state index in [0.29, 0.717) is 0 Å². The summed E-state index contributed by atoms with van der Waals surface area (Å²) in [7, 11) is -1.91. The van der Waals surface area contributed by atoms with Crippen LogP contribution in [-0.2, 0) is 8.85 Å². The van der Waals surface area contributed by atoms with Gasteiger partial charge in [-0.2, -0.15) is 0 Å². The van der Waals surface area contributed by atoms with Crippen LogP contribution in [0.5, 0.6) is 0 Å². The van der Waals surface area contributed by atoms with Crippen LogP contribution in [0.4, 0.5) is 0 Å². The van der Waals surface area contributed by atoms with Crippen LogP contribution in [0.3, 0.4) is 0 Å². The van der Waals surface area contributed by atoms with Gasteiger partial charge < -0.3 is 8.85 Å². The first-order chi connectivity index (χ1) is 9.19. The standard InChI is InChI=1S/C14H32N2O2Si/c1-5-15-11-12-16(14-15)10-9-13-19(8-4,17-6-2)18-7-3/h5-14H2,1-4H3. The Bertz CT molecular complexity index is 235. The summed E-state index contributed by atoms with van der Waals surface area (Å²) in [6.07, 6.45) is 1.21. The largest absolute Gasteiger partial charge is 0.394 e. The lowest BCUT2D eigenvalue weighted by Gasteiger charge is -2.29. The van der Waals surface area contributed by atoms with Crippen LogP contribution in [-0.4, -0.2) is 64.4 Å². The van der Waals surface area contributed by atoms with Gasteiger partial charge in [-0.05, 0) is 45.4 Å². The zero-order valence-electron chi connectivity index (χ0n) is 13.3. The van der Waals surface area contributed by atoms with Gasteiger partial charge in [0.2, 0.25) is 0 Å². The molecule has 5 heteroatoms. The van der Waals surface area contributed by atoms with Gasteiger partial charge >= 0.3 is 8.56 Å². The summed E-state index contributed by atoms with van der Waals surface area (Å²) in [5.41, 5.74) is 0. The van der Waals surface area contributed by atoms with Crippen molar-refractivity contribution < 1.29 is 8.85 Å². The van der Waals surface area contributed by atoms with Crippen LogP contribution < -0.4 is 0 Å². The lowest BCUT2D eigenvalue weighted by molar-refractivity contribution is 0.180. The van der Waals surface area contributed by atoms with E-state index in [2.05, 4.69) is 37.5 Å². The molecule has 1 heterocycles. The van der Waals surface area contributed by atoms with Crippen LogP contribution >= 0.6 is 0 Å².